The Bertz CT molecular complexity index is 417. The predicted octanol–water partition coefficient (Wildman–Crippen LogP) is 2.35. The van der Waals surface area contributed by atoms with Crippen molar-refractivity contribution in [1.82, 2.24) is 4.90 Å². The maximum atomic E-state index is 5.97. The van der Waals surface area contributed by atoms with Gasteiger partial charge in [-0.2, -0.15) is 0 Å². The number of aryl methyl sites for hydroxylation is 1. The summed E-state index contributed by atoms with van der Waals surface area (Å²) in [5.74, 6) is 1.67. The number of rotatable bonds is 6. The first kappa shape index (κ1) is 15.8. The summed E-state index contributed by atoms with van der Waals surface area (Å²) in [6, 6.07) is 4.34. The first-order chi connectivity index (χ1) is 8.90. The Morgan fingerprint density at radius 1 is 1.21 bits per heavy atom. The van der Waals surface area contributed by atoms with Gasteiger partial charge in [0.25, 0.3) is 0 Å². The van der Waals surface area contributed by atoms with Crippen molar-refractivity contribution in [2.45, 2.75) is 32.4 Å². The summed E-state index contributed by atoms with van der Waals surface area (Å²) in [6.07, 6.45) is 0.885. The summed E-state index contributed by atoms with van der Waals surface area (Å²) in [4.78, 5) is 2.18. The van der Waals surface area contributed by atoms with E-state index in [9.17, 15) is 0 Å². The van der Waals surface area contributed by atoms with Gasteiger partial charge in [-0.1, -0.05) is 0 Å². The van der Waals surface area contributed by atoms with Gasteiger partial charge < -0.3 is 20.1 Å². The monoisotopic (exact) mass is 266 g/mol. The lowest BCUT2D eigenvalue weighted by atomic mass is 9.94. The highest BCUT2D eigenvalue weighted by Gasteiger charge is 2.22. The molecule has 0 aliphatic heterocycles. The quantitative estimate of drug-likeness (QED) is 0.858. The van der Waals surface area contributed by atoms with Crippen molar-refractivity contribution in [3.8, 4) is 11.5 Å². The van der Waals surface area contributed by atoms with Crippen LogP contribution in [-0.2, 0) is 0 Å². The molecule has 1 rings (SSSR count). The molecule has 1 aromatic rings. The molecule has 0 aliphatic rings. The van der Waals surface area contributed by atoms with Crippen molar-refractivity contribution >= 4 is 0 Å². The average Bonchev–Trinajstić information content (AvgIpc) is 2.34. The first-order valence-corrected chi connectivity index (χ1v) is 6.55. The Kier molecular flexibility index (Phi) is 5.63. The predicted molar refractivity (Wildman–Crippen MR) is 79.0 cm³/mol. The van der Waals surface area contributed by atoms with E-state index in [0.717, 1.165) is 23.5 Å². The highest BCUT2D eigenvalue weighted by molar-refractivity contribution is 5.48. The van der Waals surface area contributed by atoms with Crippen LogP contribution in [0.15, 0.2) is 12.1 Å². The van der Waals surface area contributed by atoms with Crippen molar-refractivity contribution in [3.63, 3.8) is 0 Å². The molecule has 0 bridgehead atoms. The molecular formula is C15H26N2O2. The van der Waals surface area contributed by atoms with Crippen LogP contribution in [0.1, 0.15) is 30.5 Å². The minimum atomic E-state index is 0.138. The number of nitrogens with zero attached hydrogens (tertiary/aromatic N) is 1. The van der Waals surface area contributed by atoms with E-state index in [-0.39, 0.29) is 12.1 Å². The van der Waals surface area contributed by atoms with E-state index in [2.05, 4.69) is 25.9 Å². The van der Waals surface area contributed by atoms with Gasteiger partial charge in [0.15, 0.2) is 0 Å². The Balaban J connectivity index is 3.28. The number of hydrogen-bond donors (Lipinski definition) is 1. The highest BCUT2D eigenvalue weighted by Crippen LogP contribution is 2.36. The molecule has 1 aromatic carbocycles. The third kappa shape index (κ3) is 3.85. The Hall–Kier alpha value is -1.26. The zero-order valence-corrected chi connectivity index (χ0v) is 12.9. The van der Waals surface area contributed by atoms with Crippen molar-refractivity contribution in [3.05, 3.63) is 23.3 Å². The van der Waals surface area contributed by atoms with Gasteiger partial charge in [-0.15, -0.1) is 0 Å². The van der Waals surface area contributed by atoms with Crippen LogP contribution in [-0.4, -0.2) is 39.3 Å². The van der Waals surface area contributed by atoms with E-state index < -0.39 is 0 Å². The van der Waals surface area contributed by atoms with Gasteiger partial charge >= 0.3 is 0 Å². The van der Waals surface area contributed by atoms with Gasteiger partial charge in [0, 0.05) is 23.7 Å². The number of hydrogen-bond acceptors (Lipinski definition) is 4. The smallest absolute Gasteiger partial charge is 0.127 e. The summed E-state index contributed by atoms with van der Waals surface area (Å²) in [5.41, 5.74) is 8.32. The van der Waals surface area contributed by atoms with E-state index >= 15 is 0 Å². The molecule has 0 heterocycles. The minimum Gasteiger partial charge on any atom is -0.497 e. The van der Waals surface area contributed by atoms with Gasteiger partial charge in [0.2, 0.25) is 0 Å². The van der Waals surface area contributed by atoms with Gasteiger partial charge in [0.05, 0.1) is 14.2 Å². The van der Waals surface area contributed by atoms with Gasteiger partial charge in [-0.3, -0.25) is 0 Å². The number of ether oxygens (including phenoxy) is 2. The molecular weight excluding hydrogens is 240 g/mol. The fraction of sp³-hybridized carbons (Fsp3) is 0.600. The van der Waals surface area contributed by atoms with Crippen molar-refractivity contribution in [2.75, 3.05) is 28.3 Å². The number of nitrogens with two attached hydrogens (primary N) is 1. The second-order valence-electron chi connectivity index (χ2n) is 5.25. The molecule has 0 amide bonds. The van der Waals surface area contributed by atoms with Crippen LogP contribution < -0.4 is 15.2 Å². The fourth-order valence-corrected chi connectivity index (χ4v) is 2.39. The van der Waals surface area contributed by atoms with Gasteiger partial charge in [-0.05, 0) is 46.0 Å². The third-order valence-corrected chi connectivity index (χ3v) is 3.33. The molecule has 108 valence electrons. The Morgan fingerprint density at radius 3 is 2.26 bits per heavy atom. The largest absolute Gasteiger partial charge is 0.497 e. The van der Waals surface area contributed by atoms with Crippen LogP contribution in [0.25, 0.3) is 0 Å². The molecule has 0 spiro atoms. The van der Waals surface area contributed by atoms with E-state index in [1.807, 2.05) is 19.1 Å². The fourth-order valence-electron chi connectivity index (χ4n) is 2.39. The number of methoxy groups -OCH3 is 2. The topological polar surface area (TPSA) is 47.7 Å². The lowest BCUT2D eigenvalue weighted by Gasteiger charge is -2.29. The maximum Gasteiger partial charge on any atom is 0.127 e. The second kappa shape index (κ2) is 6.78. The minimum absolute atomic E-state index is 0.138. The van der Waals surface area contributed by atoms with Crippen LogP contribution in [0.4, 0.5) is 0 Å². The lowest BCUT2D eigenvalue weighted by Crippen LogP contribution is -2.28. The van der Waals surface area contributed by atoms with Crippen molar-refractivity contribution in [2.24, 2.45) is 5.73 Å². The van der Waals surface area contributed by atoms with Crippen LogP contribution in [0.3, 0.4) is 0 Å². The summed E-state index contributed by atoms with van der Waals surface area (Å²) in [6.45, 7) is 4.11. The molecule has 2 unspecified atom stereocenters. The SMILES string of the molecule is COc1cc(C)c(C(CC(C)N)N(C)C)c(OC)c1. The molecule has 19 heavy (non-hydrogen) atoms. The van der Waals surface area contributed by atoms with E-state index in [4.69, 9.17) is 15.2 Å². The Labute approximate surface area is 116 Å². The van der Waals surface area contributed by atoms with Crippen LogP contribution in [0, 0.1) is 6.92 Å². The second-order valence-corrected chi connectivity index (χ2v) is 5.25. The average molecular weight is 266 g/mol. The highest BCUT2D eigenvalue weighted by atomic mass is 16.5. The first-order valence-electron chi connectivity index (χ1n) is 6.55. The third-order valence-electron chi connectivity index (χ3n) is 3.33. The number of benzene rings is 1. The molecule has 0 saturated heterocycles. The maximum absolute atomic E-state index is 5.97. The van der Waals surface area contributed by atoms with Crippen molar-refractivity contribution < 1.29 is 9.47 Å². The standard InChI is InChI=1S/C15H26N2O2/c1-10-7-12(18-5)9-14(19-6)15(10)13(17(3)4)8-11(2)16/h7,9,11,13H,8,16H2,1-6H3. The summed E-state index contributed by atoms with van der Waals surface area (Å²) in [5, 5.41) is 0. The molecule has 0 aromatic heterocycles. The normalized spacial score (nSPS) is 14.3. The van der Waals surface area contributed by atoms with Crippen LogP contribution >= 0.6 is 0 Å². The molecule has 0 fully saturated rings. The van der Waals surface area contributed by atoms with Gasteiger partial charge in [0.1, 0.15) is 11.5 Å². The van der Waals surface area contributed by atoms with Gasteiger partial charge in [-0.25, -0.2) is 0 Å². The van der Waals surface area contributed by atoms with E-state index in [0.29, 0.717) is 0 Å². The zero-order valence-electron chi connectivity index (χ0n) is 12.9. The summed E-state index contributed by atoms with van der Waals surface area (Å²) in [7, 11) is 7.49. The Morgan fingerprint density at radius 2 is 1.84 bits per heavy atom. The molecule has 4 heteroatoms. The molecule has 0 saturated carbocycles. The zero-order chi connectivity index (χ0) is 14.6. The molecule has 2 atom stereocenters. The molecule has 0 aliphatic carbocycles. The molecule has 0 radical (unpaired) electrons. The lowest BCUT2D eigenvalue weighted by molar-refractivity contribution is 0.262. The van der Waals surface area contributed by atoms with Crippen LogP contribution in [0.5, 0.6) is 11.5 Å². The van der Waals surface area contributed by atoms with E-state index in [1.165, 1.54) is 5.56 Å². The van der Waals surface area contributed by atoms with E-state index in [1.54, 1.807) is 14.2 Å². The van der Waals surface area contributed by atoms with Crippen molar-refractivity contribution in [1.29, 1.82) is 0 Å². The summed E-state index contributed by atoms with van der Waals surface area (Å²) >= 11 is 0. The molecule has 4 nitrogen and oxygen atoms in total. The molecule has 2 N–H and O–H groups in total. The van der Waals surface area contributed by atoms with Crippen LogP contribution in [0.2, 0.25) is 0 Å². The summed E-state index contributed by atoms with van der Waals surface area (Å²) < 4.78 is 10.8.